The molecule has 0 aromatic heterocycles. The Bertz CT molecular complexity index is 433. The van der Waals surface area contributed by atoms with Gasteiger partial charge in [-0.2, -0.15) is 0 Å². The highest BCUT2D eigenvalue weighted by Crippen LogP contribution is 2.44. The second-order valence-electron chi connectivity index (χ2n) is 4.97. The van der Waals surface area contributed by atoms with Crippen molar-refractivity contribution in [3.05, 3.63) is 28.2 Å². The molecular weight excluding hydrogens is 310 g/mol. The highest BCUT2D eigenvalue weighted by Gasteiger charge is 2.40. The van der Waals surface area contributed by atoms with Gasteiger partial charge in [0.1, 0.15) is 5.75 Å². The number of aliphatic hydroxyl groups is 1. The Labute approximate surface area is 122 Å². The Morgan fingerprint density at radius 1 is 1.47 bits per heavy atom. The third-order valence-electron chi connectivity index (χ3n) is 3.97. The quantitative estimate of drug-likeness (QED) is 0.889. The van der Waals surface area contributed by atoms with Gasteiger partial charge >= 0.3 is 0 Å². The molecule has 0 radical (unpaired) electrons. The maximum Gasteiger partial charge on any atom is 0.119 e. The Morgan fingerprint density at radius 3 is 2.74 bits per heavy atom. The molecule has 0 amide bonds. The number of rotatable bonds is 4. The summed E-state index contributed by atoms with van der Waals surface area (Å²) in [6, 6.07) is 5.61. The Morgan fingerprint density at radius 2 is 2.16 bits per heavy atom. The van der Waals surface area contributed by atoms with Crippen molar-refractivity contribution in [2.45, 2.75) is 18.9 Å². The van der Waals surface area contributed by atoms with E-state index in [4.69, 9.17) is 15.2 Å². The van der Waals surface area contributed by atoms with Gasteiger partial charge in [0.2, 0.25) is 0 Å². The van der Waals surface area contributed by atoms with Gasteiger partial charge in [0, 0.05) is 29.6 Å². The number of halogens is 1. The maximum atomic E-state index is 10.8. The molecule has 1 unspecified atom stereocenters. The van der Waals surface area contributed by atoms with Gasteiger partial charge in [0.25, 0.3) is 0 Å². The van der Waals surface area contributed by atoms with Gasteiger partial charge in [-0.1, -0.05) is 15.9 Å². The lowest BCUT2D eigenvalue weighted by Crippen LogP contribution is -2.41. The molecule has 1 aliphatic heterocycles. The summed E-state index contributed by atoms with van der Waals surface area (Å²) in [5.41, 5.74) is 6.45. The Kier molecular flexibility index (Phi) is 4.84. The van der Waals surface area contributed by atoms with Crippen LogP contribution in [-0.2, 0) is 4.74 Å². The average Bonchev–Trinajstić information content (AvgIpc) is 2.47. The molecule has 5 heteroatoms. The first-order valence-electron chi connectivity index (χ1n) is 6.42. The van der Waals surface area contributed by atoms with Crippen molar-refractivity contribution in [3.63, 3.8) is 0 Å². The lowest BCUT2D eigenvalue weighted by atomic mass is 9.73. The van der Waals surface area contributed by atoms with E-state index in [0.717, 1.165) is 28.6 Å². The van der Waals surface area contributed by atoms with Crippen LogP contribution in [-0.4, -0.2) is 32.0 Å². The fourth-order valence-corrected chi connectivity index (χ4v) is 3.02. The zero-order valence-electron chi connectivity index (χ0n) is 11.1. The van der Waals surface area contributed by atoms with E-state index in [9.17, 15) is 5.11 Å². The van der Waals surface area contributed by atoms with Crippen LogP contribution in [0.1, 0.15) is 24.5 Å². The molecule has 1 fully saturated rings. The van der Waals surface area contributed by atoms with E-state index in [1.54, 1.807) is 7.11 Å². The van der Waals surface area contributed by atoms with Crippen LogP contribution in [0.2, 0.25) is 0 Å². The number of hydrogen-bond acceptors (Lipinski definition) is 4. The Balaban J connectivity index is 2.33. The first kappa shape index (κ1) is 14.8. The van der Waals surface area contributed by atoms with Crippen LogP contribution in [0, 0.1) is 5.41 Å². The van der Waals surface area contributed by atoms with Crippen molar-refractivity contribution in [1.82, 2.24) is 0 Å². The van der Waals surface area contributed by atoms with Gasteiger partial charge in [-0.3, -0.25) is 0 Å². The summed E-state index contributed by atoms with van der Waals surface area (Å²) in [7, 11) is 1.62. The second-order valence-corrected chi connectivity index (χ2v) is 5.82. The molecule has 1 atom stereocenters. The summed E-state index contributed by atoms with van der Waals surface area (Å²) in [5.74, 6) is 0.733. The molecule has 1 aliphatic rings. The van der Waals surface area contributed by atoms with Gasteiger partial charge in [-0.25, -0.2) is 0 Å². The maximum absolute atomic E-state index is 10.8. The van der Waals surface area contributed by atoms with Crippen LogP contribution in [0.25, 0.3) is 0 Å². The normalized spacial score (nSPS) is 20.0. The summed E-state index contributed by atoms with van der Waals surface area (Å²) in [5, 5.41) is 10.8. The average molecular weight is 330 g/mol. The fraction of sp³-hybridized carbons (Fsp3) is 0.571. The van der Waals surface area contributed by atoms with Crippen LogP contribution >= 0.6 is 15.9 Å². The third kappa shape index (κ3) is 2.94. The van der Waals surface area contributed by atoms with E-state index >= 15 is 0 Å². The van der Waals surface area contributed by atoms with Crippen molar-refractivity contribution in [2.24, 2.45) is 11.1 Å². The number of nitrogens with two attached hydrogens (primary N) is 1. The van der Waals surface area contributed by atoms with Gasteiger partial charge in [-0.15, -0.1) is 0 Å². The Hall–Kier alpha value is -0.620. The van der Waals surface area contributed by atoms with Gasteiger partial charge < -0.3 is 20.3 Å². The van der Waals surface area contributed by atoms with Crippen LogP contribution in [0.4, 0.5) is 0 Å². The topological polar surface area (TPSA) is 64.7 Å². The highest BCUT2D eigenvalue weighted by molar-refractivity contribution is 9.10. The van der Waals surface area contributed by atoms with Crippen molar-refractivity contribution in [3.8, 4) is 5.75 Å². The molecule has 4 nitrogen and oxygen atoms in total. The number of aliphatic hydroxyl groups excluding tert-OH is 1. The molecule has 2 rings (SSSR count). The molecule has 1 aromatic carbocycles. The van der Waals surface area contributed by atoms with Crippen LogP contribution in [0.15, 0.2) is 22.7 Å². The molecule has 0 aliphatic carbocycles. The molecule has 1 heterocycles. The summed E-state index contributed by atoms with van der Waals surface area (Å²) >= 11 is 3.49. The minimum Gasteiger partial charge on any atom is -0.497 e. The van der Waals surface area contributed by atoms with Crippen molar-refractivity contribution >= 4 is 15.9 Å². The van der Waals surface area contributed by atoms with Crippen LogP contribution in [0.3, 0.4) is 0 Å². The monoisotopic (exact) mass is 329 g/mol. The van der Waals surface area contributed by atoms with E-state index in [1.165, 1.54) is 0 Å². The first-order chi connectivity index (χ1) is 9.13. The zero-order chi connectivity index (χ0) is 13.9. The molecule has 1 saturated heterocycles. The summed E-state index contributed by atoms with van der Waals surface area (Å²) in [6.45, 7) is 1.74. The molecule has 0 spiro atoms. The van der Waals surface area contributed by atoms with Gasteiger partial charge in [0.05, 0.1) is 13.2 Å². The number of ether oxygens (including phenoxy) is 2. The van der Waals surface area contributed by atoms with Crippen LogP contribution in [0.5, 0.6) is 5.75 Å². The minimum atomic E-state index is -0.620. The second kappa shape index (κ2) is 6.22. The van der Waals surface area contributed by atoms with E-state index in [1.807, 2.05) is 18.2 Å². The first-order valence-corrected chi connectivity index (χ1v) is 7.21. The van der Waals surface area contributed by atoms with Crippen molar-refractivity contribution in [1.29, 1.82) is 0 Å². The summed E-state index contributed by atoms with van der Waals surface area (Å²) in [4.78, 5) is 0. The smallest absolute Gasteiger partial charge is 0.119 e. The molecule has 0 bridgehead atoms. The molecule has 3 N–H and O–H groups in total. The molecule has 19 heavy (non-hydrogen) atoms. The third-order valence-corrected chi connectivity index (χ3v) is 4.70. The standard InChI is InChI=1S/C14H20BrNO3/c1-18-10-2-3-12(15)11(8-10)13(17)14(9-16)4-6-19-7-5-14/h2-3,8,13,17H,4-7,9,16H2,1H3. The summed E-state index contributed by atoms with van der Waals surface area (Å²) < 4.78 is 11.5. The van der Waals surface area contributed by atoms with Gasteiger partial charge in [-0.05, 0) is 36.6 Å². The fourth-order valence-electron chi connectivity index (χ4n) is 2.56. The van der Waals surface area contributed by atoms with Gasteiger partial charge in [0.15, 0.2) is 0 Å². The van der Waals surface area contributed by atoms with E-state index in [-0.39, 0.29) is 5.41 Å². The van der Waals surface area contributed by atoms with E-state index < -0.39 is 6.10 Å². The predicted molar refractivity (Wildman–Crippen MR) is 77.2 cm³/mol. The lowest BCUT2D eigenvalue weighted by molar-refractivity contribution is -0.0584. The molecule has 1 aromatic rings. The minimum absolute atomic E-state index is 0.312. The highest BCUT2D eigenvalue weighted by atomic mass is 79.9. The van der Waals surface area contributed by atoms with E-state index in [2.05, 4.69) is 15.9 Å². The largest absolute Gasteiger partial charge is 0.497 e. The number of benzene rings is 1. The summed E-state index contributed by atoms with van der Waals surface area (Å²) in [6.07, 6.45) is 0.925. The van der Waals surface area contributed by atoms with Crippen molar-refractivity contribution in [2.75, 3.05) is 26.9 Å². The van der Waals surface area contributed by atoms with E-state index in [0.29, 0.717) is 19.8 Å². The number of methoxy groups -OCH3 is 1. The molecule has 0 saturated carbocycles. The molecule has 106 valence electrons. The zero-order valence-corrected chi connectivity index (χ0v) is 12.6. The lowest BCUT2D eigenvalue weighted by Gasteiger charge is -2.40. The predicted octanol–water partition coefficient (Wildman–Crippen LogP) is 2.25. The van der Waals surface area contributed by atoms with Crippen LogP contribution < -0.4 is 10.5 Å². The van der Waals surface area contributed by atoms with Crippen molar-refractivity contribution < 1.29 is 14.6 Å². The number of hydrogen-bond donors (Lipinski definition) is 2. The molecular formula is C14H20BrNO3. The SMILES string of the molecule is COc1ccc(Br)c(C(O)C2(CN)CCOCC2)c1.